The standard InChI is InChI=1S/C7H10N6/c1-13-4-5(11-12-13)6(8)7-9-2-3-10-7/h2-4,6H,8H2,1H3,(H,9,10). The zero-order chi connectivity index (χ0) is 9.26. The van der Waals surface area contributed by atoms with Gasteiger partial charge >= 0.3 is 0 Å². The summed E-state index contributed by atoms with van der Waals surface area (Å²) in [7, 11) is 1.80. The van der Waals surface area contributed by atoms with Gasteiger partial charge < -0.3 is 10.7 Å². The van der Waals surface area contributed by atoms with Crippen LogP contribution in [0.2, 0.25) is 0 Å². The molecule has 0 aliphatic carbocycles. The van der Waals surface area contributed by atoms with Gasteiger partial charge in [0.05, 0.1) is 6.20 Å². The smallest absolute Gasteiger partial charge is 0.129 e. The number of hydrogen-bond acceptors (Lipinski definition) is 4. The van der Waals surface area contributed by atoms with Gasteiger partial charge in [0.25, 0.3) is 0 Å². The molecule has 68 valence electrons. The fourth-order valence-corrected chi connectivity index (χ4v) is 1.10. The van der Waals surface area contributed by atoms with Crippen molar-refractivity contribution < 1.29 is 0 Å². The monoisotopic (exact) mass is 178 g/mol. The van der Waals surface area contributed by atoms with E-state index >= 15 is 0 Å². The largest absolute Gasteiger partial charge is 0.347 e. The van der Waals surface area contributed by atoms with E-state index in [0.29, 0.717) is 11.5 Å². The Bertz CT molecular complexity index is 375. The van der Waals surface area contributed by atoms with Gasteiger partial charge in [0, 0.05) is 19.4 Å². The van der Waals surface area contributed by atoms with Crippen molar-refractivity contribution in [1.29, 1.82) is 0 Å². The van der Waals surface area contributed by atoms with E-state index in [0.717, 1.165) is 0 Å². The molecule has 0 bridgehead atoms. The second kappa shape index (κ2) is 2.98. The van der Waals surface area contributed by atoms with Crippen LogP contribution in [0.5, 0.6) is 0 Å². The highest BCUT2D eigenvalue weighted by Crippen LogP contribution is 2.11. The van der Waals surface area contributed by atoms with Crippen LogP contribution in [0.25, 0.3) is 0 Å². The summed E-state index contributed by atoms with van der Waals surface area (Å²) in [6, 6.07) is -0.330. The Labute approximate surface area is 74.8 Å². The number of nitrogens with zero attached hydrogens (tertiary/aromatic N) is 4. The van der Waals surface area contributed by atoms with E-state index in [1.165, 1.54) is 0 Å². The van der Waals surface area contributed by atoms with E-state index in [4.69, 9.17) is 5.73 Å². The molecule has 0 aliphatic rings. The molecule has 0 aromatic carbocycles. The minimum Gasteiger partial charge on any atom is -0.347 e. The van der Waals surface area contributed by atoms with Gasteiger partial charge in [-0.3, -0.25) is 4.68 Å². The topological polar surface area (TPSA) is 85.4 Å². The number of H-pyrrole nitrogens is 1. The van der Waals surface area contributed by atoms with Gasteiger partial charge in [-0.15, -0.1) is 5.10 Å². The van der Waals surface area contributed by atoms with Crippen LogP contribution in [0, 0.1) is 0 Å². The SMILES string of the molecule is Cn1cc(C(N)c2ncc[nH]2)nn1. The Balaban J connectivity index is 2.28. The summed E-state index contributed by atoms with van der Waals surface area (Å²) < 4.78 is 1.61. The molecule has 2 heterocycles. The van der Waals surface area contributed by atoms with Crippen molar-refractivity contribution in [3.63, 3.8) is 0 Å². The van der Waals surface area contributed by atoms with Crippen LogP contribution in [-0.4, -0.2) is 25.0 Å². The lowest BCUT2D eigenvalue weighted by atomic mass is 10.2. The molecule has 0 amide bonds. The van der Waals surface area contributed by atoms with Crippen molar-refractivity contribution >= 4 is 0 Å². The summed E-state index contributed by atoms with van der Waals surface area (Å²) >= 11 is 0. The van der Waals surface area contributed by atoms with Gasteiger partial charge in [0.1, 0.15) is 17.6 Å². The van der Waals surface area contributed by atoms with Crippen molar-refractivity contribution in [2.24, 2.45) is 12.8 Å². The van der Waals surface area contributed by atoms with Gasteiger partial charge in [-0.2, -0.15) is 0 Å². The number of hydrogen-bond donors (Lipinski definition) is 2. The van der Waals surface area contributed by atoms with Crippen LogP contribution in [0.1, 0.15) is 17.6 Å². The molecule has 1 unspecified atom stereocenters. The van der Waals surface area contributed by atoms with Crippen molar-refractivity contribution in [3.8, 4) is 0 Å². The minimum absolute atomic E-state index is 0.330. The van der Waals surface area contributed by atoms with Crippen LogP contribution in [0.15, 0.2) is 18.6 Å². The number of aromatic amines is 1. The second-order valence-corrected chi connectivity index (χ2v) is 2.77. The number of aryl methyl sites for hydroxylation is 1. The third-order valence-corrected chi connectivity index (χ3v) is 1.75. The average molecular weight is 178 g/mol. The van der Waals surface area contributed by atoms with Crippen molar-refractivity contribution in [1.82, 2.24) is 25.0 Å². The Hall–Kier alpha value is -1.69. The van der Waals surface area contributed by atoms with Gasteiger partial charge in [-0.25, -0.2) is 4.98 Å². The maximum atomic E-state index is 5.86. The number of rotatable bonds is 2. The van der Waals surface area contributed by atoms with Crippen LogP contribution in [-0.2, 0) is 7.05 Å². The highest BCUT2D eigenvalue weighted by molar-refractivity contribution is 5.11. The number of nitrogens with one attached hydrogen (secondary N) is 1. The first-order chi connectivity index (χ1) is 6.27. The molecular formula is C7H10N6. The zero-order valence-corrected chi connectivity index (χ0v) is 7.18. The summed E-state index contributed by atoms with van der Waals surface area (Å²) in [6.07, 6.45) is 5.16. The quantitative estimate of drug-likeness (QED) is 0.654. The lowest BCUT2D eigenvalue weighted by Gasteiger charge is -2.02. The van der Waals surface area contributed by atoms with Crippen LogP contribution < -0.4 is 5.73 Å². The summed E-state index contributed by atoms with van der Waals surface area (Å²) in [5.74, 6) is 0.695. The Kier molecular flexibility index (Phi) is 1.82. The molecule has 0 aliphatic heterocycles. The second-order valence-electron chi connectivity index (χ2n) is 2.77. The molecule has 3 N–H and O–H groups in total. The maximum Gasteiger partial charge on any atom is 0.129 e. The Morgan fingerprint density at radius 1 is 1.62 bits per heavy atom. The molecule has 0 fully saturated rings. The first-order valence-corrected chi connectivity index (χ1v) is 3.88. The first-order valence-electron chi connectivity index (χ1n) is 3.88. The lowest BCUT2D eigenvalue weighted by Crippen LogP contribution is -2.13. The summed E-state index contributed by atoms with van der Waals surface area (Å²) in [6.45, 7) is 0. The molecule has 1 atom stereocenters. The molecule has 0 saturated heterocycles. The third-order valence-electron chi connectivity index (χ3n) is 1.75. The predicted molar refractivity (Wildman–Crippen MR) is 45.6 cm³/mol. The van der Waals surface area contributed by atoms with Crippen molar-refractivity contribution in [2.75, 3.05) is 0 Å². The van der Waals surface area contributed by atoms with Gasteiger partial charge in [-0.05, 0) is 0 Å². The average Bonchev–Trinajstić information content (AvgIpc) is 2.72. The lowest BCUT2D eigenvalue weighted by molar-refractivity contribution is 0.708. The molecule has 2 aromatic rings. The molecule has 0 saturated carbocycles. The molecule has 2 rings (SSSR count). The summed E-state index contributed by atoms with van der Waals surface area (Å²) in [5.41, 5.74) is 6.57. The molecular weight excluding hydrogens is 168 g/mol. The van der Waals surface area contributed by atoms with Gasteiger partial charge in [-0.1, -0.05) is 5.21 Å². The van der Waals surface area contributed by atoms with E-state index in [9.17, 15) is 0 Å². The Morgan fingerprint density at radius 2 is 2.46 bits per heavy atom. The molecule has 0 radical (unpaired) electrons. The number of aromatic nitrogens is 5. The van der Waals surface area contributed by atoms with Crippen LogP contribution >= 0.6 is 0 Å². The number of imidazole rings is 1. The van der Waals surface area contributed by atoms with Crippen LogP contribution in [0.3, 0.4) is 0 Å². The normalized spacial score (nSPS) is 13.1. The predicted octanol–water partition coefficient (Wildman–Crippen LogP) is -0.414. The Morgan fingerprint density at radius 3 is 3.00 bits per heavy atom. The van der Waals surface area contributed by atoms with E-state index in [-0.39, 0.29) is 6.04 Å². The molecule has 6 heteroatoms. The van der Waals surface area contributed by atoms with E-state index in [2.05, 4.69) is 20.3 Å². The van der Waals surface area contributed by atoms with Gasteiger partial charge in [0.15, 0.2) is 0 Å². The van der Waals surface area contributed by atoms with Gasteiger partial charge in [0.2, 0.25) is 0 Å². The molecule has 0 spiro atoms. The van der Waals surface area contributed by atoms with E-state index < -0.39 is 0 Å². The molecule has 6 nitrogen and oxygen atoms in total. The van der Waals surface area contributed by atoms with Crippen molar-refractivity contribution in [2.45, 2.75) is 6.04 Å². The minimum atomic E-state index is -0.330. The fraction of sp³-hybridized carbons (Fsp3) is 0.286. The van der Waals surface area contributed by atoms with E-state index in [1.807, 2.05) is 0 Å². The first kappa shape index (κ1) is 7.93. The summed E-state index contributed by atoms with van der Waals surface area (Å²) in [5, 5.41) is 7.69. The molecule has 13 heavy (non-hydrogen) atoms. The third kappa shape index (κ3) is 1.43. The zero-order valence-electron chi connectivity index (χ0n) is 7.18. The molecule has 2 aromatic heterocycles. The van der Waals surface area contributed by atoms with Crippen LogP contribution in [0.4, 0.5) is 0 Å². The summed E-state index contributed by atoms with van der Waals surface area (Å²) in [4.78, 5) is 6.98. The number of nitrogens with two attached hydrogens (primary N) is 1. The maximum absolute atomic E-state index is 5.86. The highest BCUT2D eigenvalue weighted by Gasteiger charge is 2.13. The highest BCUT2D eigenvalue weighted by atomic mass is 15.4. The fourth-order valence-electron chi connectivity index (χ4n) is 1.10. The van der Waals surface area contributed by atoms with Crippen molar-refractivity contribution in [3.05, 3.63) is 30.1 Å². The van der Waals surface area contributed by atoms with E-state index in [1.54, 1.807) is 30.3 Å².